The number of hydrogen-bond donors (Lipinski definition) is 3. The van der Waals surface area contributed by atoms with E-state index in [1.165, 1.54) is 199 Å². The number of aliphatic hydroxyl groups excluding tert-OH is 1. The van der Waals surface area contributed by atoms with Crippen LogP contribution in [0.3, 0.4) is 0 Å². The first-order valence-electron chi connectivity index (χ1n) is 42.2. The summed E-state index contributed by atoms with van der Waals surface area (Å²) in [5.74, 6) is 0.277. The van der Waals surface area contributed by atoms with Crippen molar-refractivity contribution in [3.05, 3.63) is 24.3 Å². The lowest BCUT2D eigenvalue weighted by Gasteiger charge is -2.21. The van der Waals surface area contributed by atoms with Crippen molar-refractivity contribution in [3.8, 4) is 0 Å². The van der Waals surface area contributed by atoms with Gasteiger partial charge in [0.1, 0.15) is 19.3 Å². The van der Waals surface area contributed by atoms with Gasteiger partial charge in [0.15, 0.2) is 12.2 Å². The second-order valence-corrected chi connectivity index (χ2v) is 33.0. The lowest BCUT2D eigenvalue weighted by molar-refractivity contribution is -0.161. The highest BCUT2D eigenvalue weighted by molar-refractivity contribution is 7.47. The van der Waals surface area contributed by atoms with E-state index in [0.717, 1.165) is 127 Å². The molecule has 602 valence electrons. The van der Waals surface area contributed by atoms with E-state index < -0.39 is 97.5 Å². The Balaban J connectivity index is 5.29. The van der Waals surface area contributed by atoms with E-state index in [-0.39, 0.29) is 25.7 Å². The Kier molecular flexibility index (Phi) is 71.0. The number of ether oxygens (including phenoxy) is 4. The Morgan fingerprint density at radius 1 is 0.324 bits per heavy atom. The van der Waals surface area contributed by atoms with Crippen molar-refractivity contribution in [2.75, 3.05) is 39.6 Å². The molecular weight excluding hydrogens is 1330 g/mol. The Morgan fingerprint density at radius 3 is 0.873 bits per heavy atom. The van der Waals surface area contributed by atoms with Gasteiger partial charge in [-0.2, -0.15) is 0 Å². The highest BCUT2D eigenvalue weighted by Gasteiger charge is 2.30. The number of allylic oxidation sites excluding steroid dienone is 4. The average Bonchev–Trinajstić information content (AvgIpc) is 0.919. The van der Waals surface area contributed by atoms with Crippen LogP contribution in [0.1, 0.15) is 408 Å². The van der Waals surface area contributed by atoms with Crippen molar-refractivity contribution in [1.82, 2.24) is 0 Å². The molecule has 0 aromatic heterocycles. The highest BCUT2D eigenvalue weighted by atomic mass is 31.2. The second-order valence-electron chi connectivity index (χ2n) is 30.1. The lowest BCUT2D eigenvalue weighted by Crippen LogP contribution is -2.30. The first-order chi connectivity index (χ1) is 49.3. The number of phosphoric ester groups is 2. The normalized spacial score (nSPS) is 14.6. The summed E-state index contributed by atoms with van der Waals surface area (Å²) in [5, 5.41) is 10.7. The van der Waals surface area contributed by atoms with Gasteiger partial charge in [-0.15, -0.1) is 0 Å². The smallest absolute Gasteiger partial charge is 0.462 e. The molecule has 7 atom stereocenters. The van der Waals surface area contributed by atoms with E-state index in [1.54, 1.807) is 0 Å². The molecule has 0 aliphatic heterocycles. The fourth-order valence-corrected chi connectivity index (χ4v) is 13.8. The maximum Gasteiger partial charge on any atom is 0.472 e. The molecule has 0 radical (unpaired) electrons. The van der Waals surface area contributed by atoms with Crippen molar-refractivity contribution in [1.29, 1.82) is 0 Å². The maximum atomic E-state index is 13.1. The van der Waals surface area contributed by atoms with Gasteiger partial charge in [0.2, 0.25) is 0 Å². The molecule has 19 heteroatoms. The van der Waals surface area contributed by atoms with Gasteiger partial charge < -0.3 is 33.8 Å². The zero-order valence-electron chi connectivity index (χ0n) is 66.6. The topological polar surface area (TPSA) is 237 Å². The molecule has 0 fully saturated rings. The number of phosphoric acid groups is 2. The van der Waals surface area contributed by atoms with Gasteiger partial charge in [0, 0.05) is 25.7 Å². The van der Waals surface area contributed by atoms with Crippen molar-refractivity contribution < 1.29 is 80.2 Å². The van der Waals surface area contributed by atoms with E-state index in [9.17, 15) is 43.2 Å². The monoisotopic (exact) mass is 1490 g/mol. The predicted octanol–water partition coefficient (Wildman–Crippen LogP) is 24.5. The number of carbonyl (C=O) groups is 4. The van der Waals surface area contributed by atoms with Gasteiger partial charge >= 0.3 is 39.5 Å². The summed E-state index contributed by atoms with van der Waals surface area (Å²) in [5.41, 5.74) is 0. The van der Waals surface area contributed by atoms with Gasteiger partial charge in [-0.05, 0) is 69.1 Å². The number of aliphatic hydroxyl groups is 1. The Labute approximate surface area is 624 Å². The fraction of sp³-hybridized carbons (Fsp3) is 0.904. The molecule has 0 heterocycles. The molecule has 0 saturated carbocycles. The molecule has 0 bridgehead atoms. The molecule has 102 heavy (non-hydrogen) atoms. The lowest BCUT2D eigenvalue weighted by atomic mass is 9.99. The van der Waals surface area contributed by atoms with E-state index in [1.807, 2.05) is 0 Å². The van der Waals surface area contributed by atoms with Crippen molar-refractivity contribution >= 4 is 39.5 Å². The van der Waals surface area contributed by atoms with Crippen LogP contribution < -0.4 is 0 Å². The van der Waals surface area contributed by atoms with Crippen molar-refractivity contribution in [2.45, 2.75) is 426 Å². The summed E-state index contributed by atoms with van der Waals surface area (Å²) >= 11 is 0. The number of esters is 4. The van der Waals surface area contributed by atoms with Crippen molar-refractivity contribution in [3.63, 3.8) is 0 Å². The van der Waals surface area contributed by atoms with Crippen LogP contribution in [0, 0.1) is 17.8 Å². The third-order valence-electron chi connectivity index (χ3n) is 19.5. The molecule has 3 N–H and O–H groups in total. The molecule has 0 aliphatic carbocycles. The van der Waals surface area contributed by atoms with E-state index in [0.29, 0.717) is 25.7 Å². The molecule has 0 saturated heterocycles. The summed E-state index contributed by atoms with van der Waals surface area (Å²) in [6, 6.07) is 0. The maximum absolute atomic E-state index is 13.1. The van der Waals surface area contributed by atoms with E-state index in [2.05, 4.69) is 72.8 Å². The zero-order chi connectivity index (χ0) is 75.1. The molecular formula is C83H158O17P2. The zero-order valence-corrected chi connectivity index (χ0v) is 68.4. The number of hydrogen-bond acceptors (Lipinski definition) is 15. The number of carbonyl (C=O) groups excluding carboxylic acids is 4. The SMILES string of the molecule is CCCCCC/C=C\C=C/CCCCCCCC(=O)O[C@H](COC(=O)CCCCCCCCCCC(C)C)COP(=O)(O)OC[C@H](O)COP(=O)(O)OC[C@@H](COC(=O)CCCCCCCCCCCCCCCCC(C)CC)OC(=O)CCCCCCCCCCCCCCCCC(C)CC. The first-order valence-corrected chi connectivity index (χ1v) is 45.2. The van der Waals surface area contributed by atoms with Crippen LogP contribution in [0.15, 0.2) is 24.3 Å². The third-order valence-corrected chi connectivity index (χ3v) is 21.4. The van der Waals surface area contributed by atoms with Gasteiger partial charge in [-0.1, -0.05) is 355 Å². The van der Waals surface area contributed by atoms with Crippen LogP contribution in [0.2, 0.25) is 0 Å². The van der Waals surface area contributed by atoms with Gasteiger partial charge in [-0.3, -0.25) is 37.3 Å². The standard InChI is InChI=1S/C83H158O17P2/c1-8-11-12-13-14-15-16-17-18-26-31-36-45-52-59-66-83(88)100-79(71-94-81(86)65-58-51-44-39-38-40-47-54-61-74(4)5)73-98-102(91,92)96-69-77(84)68-95-101(89,90)97-72-78(99-82(87)67-60-53-46-37-32-27-22-20-24-29-34-42-49-56-63-76(7)10-3)70-93-80(85)64-57-50-43-35-30-25-21-19-23-28-33-41-48-55-62-75(6)9-2/h15-18,74-79,84H,8-14,19-73H2,1-7H3,(H,89,90)(H,91,92)/b16-15-,18-17-/t75?,76?,77-,78-,79-/m1/s1. The summed E-state index contributed by atoms with van der Waals surface area (Å²) in [4.78, 5) is 73.1. The molecule has 0 aromatic rings. The first kappa shape index (κ1) is 99.5. The third kappa shape index (κ3) is 73.1. The average molecular weight is 1490 g/mol. The molecule has 0 aromatic carbocycles. The summed E-state index contributed by atoms with van der Waals surface area (Å²) in [6.45, 7) is 12.0. The van der Waals surface area contributed by atoms with Gasteiger partial charge in [0.05, 0.1) is 26.4 Å². The van der Waals surface area contributed by atoms with Crippen LogP contribution in [0.4, 0.5) is 0 Å². The molecule has 4 unspecified atom stereocenters. The Hall–Kier alpha value is -2.46. The minimum absolute atomic E-state index is 0.0844. The van der Waals surface area contributed by atoms with Gasteiger partial charge in [-0.25, -0.2) is 9.13 Å². The molecule has 17 nitrogen and oxygen atoms in total. The molecule has 0 amide bonds. The predicted molar refractivity (Wildman–Crippen MR) is 418 cm³/mol. The molecule has 0 rings (SSSR count). The number of rotatable bonds is 79. The quantitative estimate of drug-likeness (QED) is 0.0169. The van der Waals surface area contributed by atoms with Crippen molar-refractivity contribution in [2.24, 2.45) is 17.8 Å². The summed E-state index contributed by atoms with van der Waals surface area (Å²) in [7, 11) is -9.94. The minimum Gasteiger partial charge on any atom is -0.462 e. The van der Waals surface area contributed by atoms with E-state index in [4.69, 9.17) is 37.0 Å². The second kappa shape index (κ2) is 72.7. The Morgan fingerprint density at radius 2 is 0.578 bits per heavy atom. The molecule has 0 aliphatic rings. The minimum atomic E-state index is -4.97. The molecule has 0 spiro atoms. The van der Waals surface area contributed by atoms with Gasteiger partial charge in [0.25, 0.3) is 0 Å². The van der Waals surface area contributed by atoms with Crippen LogP contribution in [0.5, 0.6) is 0 Å². The van der Waals surface area contributed by atoms with E-state index >= 15 is 0 Å². The van der Waals surface area contributed by atoms with Crippen LogP contribution in [-0.2, 0) is 65.4 Å². The largest absolute Gasteiger partial charge is 0.472 e. The van der Waals surface area contributed by atoms with Crippen LogP contribution in [0.25, 0.3) is 0 Å². The number of unbranched alkanes of at least 4 members (excludes halogenated alkanes) is 42. The fourth-order valence-electron chi connectivity index (χ4n) is 12.2. The summed E-state index contributed by atoms with van der Waals surface area (Å²) in [6.07, 6.45) is 64.5. The van der Waals surface area contributed by atoms with Crippen LogP contribution in [-0.4, -0.2) is 96.7 Å². The van der Waals surface area contributed by atoms with Crippen LogP contribution >= 0.6 is 15.6 Å². The Bertz CT molecular complexity index is 2070. The summed E-state index contributed by atoms with van der Waals surface area (Å²) < 4.78 is 68.7. The highest BCUT2D eigenvalue weighted by Crippen LogP contribution is 2.45.